The lowest BCUT2D eigenvalue weighted by atomic mass is 9.75. The van der Waals surface area contributed by atoms with Crippen molar-refractivity contribution in [3.05, 3.63) is 0 Å². The highest BCUT2D eigenvalue weighted by Crippen LogP contribution is 2.48. The van der Waals surface area contributed by atoms with E-state index in [1.807, 2.05) is 20.8 Å². The van der Waals surface area contributed by atoms with Gasteiger partial charge in [0.15, 0.2) is 5.60 Å². The van der Waals surface area contributed by atoms with Gasteiger partial charge in [-0.1, -0.05) is 0 Å². The summed E-state index contributed by atoms with van der Waals surface area (Å²) in [5, 5.41) is 0. The summed E-state index contributed by atoms with van der Waals surface area (Å²) in [6.45, 7) is 9.21. The molecular formula is C16H34N2O4. The first-order chi connectivity index (χ1) is 10.7. The van der Waals surface area contributed by atoms with E-state index in [1.165, 1.54) is 0 Å². The van der Waals surface area contributed by atoms with Crippen molar-refractivity contribution in [1.29, 1.82) is 0 Å². The third-order valence-electron chi connectivity index (χ3n) is 4.27. The molecule has 2 unspecified atom stereocenters. The standard InChI is InChI=1S/C16H34N2O4/c1-4-19-15(10-7-11-17)14(8-12-18)9-13-22-16(15,20-5-2)21-6-3/h14H,4-13,17-18H2,1-3H3. The summed E-state index contributed by atoms with van der Waals surface area (Å²) in [5.74, 6) is -0.935. The van der Waals surface area contributed by atoms with Gasteiger partial charge in [-0.15, -0.1) is 0 Å². The summed E-state index contributed by atoms with van der Waals surface area (Å²) in [5.41, 5.74) is 10.9. The summed E-state index contributed by atoms with van der Waals surface area (Å²) in [7, 11) is 0. The number of hydrogen-bond donors (Lipinski definition) is 2. The monoisotopic (exact) mass is 318 g/mol. The molecule has 132 valence electrons. The molecule has 0 spiro atoms. The molecule has 0 radical (unpaired) electrons. The van der Waals surface area contributed by atoms with Gasteiger partial charge in [-0.05, 0) is 65.5 Å². The molecule has 1 rings (SSSR count). The lowest BCUT2D eigenvalue weighted by Gasteiger charge is -2.54. The smallest absolute Gasteiger partial charge is 0.314 e. The van der Waals surface area contributed by atoms with Crippen molar-refractivity contribution in [3.63, 3.8) is 0 Å². The van der Waals surface area contributed by atoms with Crippen molar-refractivity contribution in [3.8, 4) is 0 Å². The van der Waals surface area contributed by atoms with Crippen LogP contribution in [0.1, 0.15) is 46.5 Å². The molecule has 1 saturated heterocycles. The normalized spacial score (nSPS) is 28.0. The molecule has 0 bridgehead atoms. The predicted octanol–water partition coefficient (Wildman–Crippen LogP) is 1.61. The second-order valence-electron chi connectivity index (χ2n) is 5.55. The Morgan fingerprint density at radius 1 is 1.00 bits per heavy atom. The largest absolute Gasteiger partial charge is 0.367 e. The Hall–Kier alpha value is -0.240. The van der Waals surface area contributed by atoms with Crippen LogP contribution in [0.5, 0.6) is 0 Å². The fourth-order valence-electron chi connectivity index (χ4n) is 3.53. The molecule has 6 nitrogen and oxygen atoms in total. The zero-order chi connectivity index (χ0) is 16.5. The van der Waals surface area contributed by atoms with Crippen molar-refractivity contribution in [2.24, 2.45) is 17.4 Å². The predicted molar refractivity (Wildman–Crippen MR) is 86.4 cm³/mol. The van der Waals surface area contributed by atoms with Crippen LogP contribution < -0.4 is 11.5 Å². The van der Waals surface area contributed by atoms with Crippen molar-refractivity contribution < 1.29 is 18.9 Å². The van der Waals surface area contributed by atoms with Gasteiger partial charge in [0, 0.05) is 19.8 Å². The van der Waals surface area contributed by atoms with Crippen LogP contribution in [0.3, 0.4) is 0 Å². The first-order valence-electron chi connectivity index (χ1n) is 8.62. The van der Waals surface area contributed by atoms with Gasteiger partial charge in [0.05, 0.1) is 6.61 Å². The molecule has 1 aliphatic heterocycles. The minimum Gasteiger partial charge on any atom is -0.367 e. The van der Waals surface area contributed by atoms with Crippen LogP contribution in [-0.4, -0.2) is 51.1 Å². The highest BCUT2D eigenvalue weighted by atomic mass is 16.9. The van der Waals surface area contributed by atoms with Crippen LogP contribution in [0.2, 0.25) is 0 Å². The van der Waals surface area contributed by atoms with Gasteiger partial charge < -0.3 is 30.4 Å². The van der Waals surface area contributed by atoms with Crippen molar-refractivity contribution >= 4 is 0 Å². The number of rotatable bonds is 11. The van der Waals surface area contributed by atoms with Gasteiger partial charge in [-0.2, -0.15) is 0 Å². The first kappa shape index (κ1) is 19.8. The van der Waals surface area contributed by atoms with Crippen LogP contribution in [0.15, 0.2) is 0 Å². The fourth-order valence-corrected chi connectivity index (χ4v) is 3.53. The molecule has 6 heteroatoms. The Morgan fingerprint density at radius 3 is 2.14 bits per heavy atom. The van der Waals surface area contributed by atoms with Crippen molar-refractivity contribution in [1.82, 2.24) is 0 Å². The average Bonchev–Trinajstić information content (AvgIpc) is 2.50. The number of nitrogens with two attached hydrogens (primary N) is 2. The highest BCUT2D eigenvalue weighted by molar-refractivity contribution is 5.00. The molecule has 1 heterocycles. The summed E-state index contributed by atoms with van der Waals surface area (Å²) < 4.78 is 24.3. The quantitative estimate of drug-likeness (QED) is 0.563. The maximum Gasteiger partial charge on any atom is 0.314 e. The molecule has 0 saturated carbocycles. The molecule has 1 fully saturated rings. The lowest BCUT2D eigenvalue weighted by Crippen LogP contribution is -2.67. The van der Waals surface area contributed by atoms with Gasteiger partial charge in [0.2, 0.25) is 0 Å². The van der Waals surface area contributed by atoms with Gasteiger partial charge in [-0.25, -0.2) is 0 Å². The Morgan fingerprint density at radius 2 is 1.64 bits per heavy atom. The highest BCUT2D eigenvalue weighted by Gasteiger charge is 2.62. The van der Waals surface area contributed by atoms with Crippen molar-refractivity contribution in [2.75, 3.05) is 39.5 Å². The second kappa shape index (κ2) is 9.80. The zero-order valence-electron chi connectivity index (χ0n) is 14.4. The minimum absolute atomic E-state index is 0.232. The molecule has 0 aliphatic carbocycles. The summed E-state index contributed by atoms with van der Waals surface area (Å²) >= 11 is 0. The zero-order valence-corrected chi connectivity index (χ0v) is 14.4. The number of ether oxygens (including phenoxy) is 4. The molecule has 22 heavy (non-hydrogen) atoms. The van der Waals surface area contributed by atoms with Gasteiger partial charge in [-0.3, -0.25) is 0 Å². The summed E-state index contributed by atoms with van der Waals surface area (Å²) in [4.78, 5) is 0. The third kappa shape index (κ3) is 3.99. The fraction of sp³-hybridized carbons (Fsp3) is 1.00. The van der Waals surface area contributed by atoms with Crippen LogP contribution in [-0.2, 0) is 18.9 Å². The Bertz CT molecular complexity index is 290. The number of hydrogen-bond acceptors (Lipinski definition) is 6. The molecular weight excluding hydrogens is 284 g/mol. The Kier molecular flexibility index (Phi) is 8.82. The third-order valence-corrected chi connectivity index (χ3v) is 4.27. The molecule has 0 aromatic rings. The lowest BCUT2D eigenvalue weighted by molar-refractivity contribution is -0.470. The van der Waals surface area contributed by atoms with Crippen LogP contribution >= 0.6 is 0 Å². The minimum atomic E-state index is -1.17. The molecule has 4 N–H and O–H groups in total. The van der Waals surface area contributed by atoms with E-state index in [0.717, 1.165) is 25.7 Å². The second-order valence-corrected chi connectivity index (χ2v) is 5.55. The van der Waals surface area contributed by atoms with E-state index < -0.39 is 11.6 Å². The van der Waals surface area contributed by atoms with Crippen LogP contribution in [0, 0.1) is 5.92 Å². The van der Waals surface area contributed by atoms with E-state index in [-0.39, 0.29) is 5.92 Å². The molecule has 2 atom stereocenters. The Balaban J connectivity index is 3.24. The van der Waals surface area contributed by atoms with E-state index in [0.29, 0.717) is 39.5 Å². The molecule has 0 amide bonds. The molecule has 0 aromatic heterocycles. The van der Waals surface area contributed by atoms with E-state index >= 15 is 0 Å². The van der Waals surface area contributed by atoms with Gasteiger partial charge in [0.1, 0.15) is 0 Å². The molecule has 0 aromatic carbocycles. The van der Waals surface area contributed by atoms with Crippen LogP contribution in [0.25, 0.3) is 0 Å². The first-order valence-corrected chi connectivity index (χ1v) is 8.62. The van der Waals surface area contributed by atoms with E-state index in [4.69, 9.17) is 30.4 Å². The van der Waals surface area contributed by atoms with Crippen molar-refractivity contribution in [2.45, 2.75) is 58.0 Å². The topological polar surface area (TPSA) is 89.0 Å². The Labute approximate surface area is 134 Å². The van der Waals surface area contributed by atoms with Crippen LogP contribution in [0.4, 0.5) is 0 Å². The van der Waals surface area contributed by atoms with Gasteiger partial charge in [0.25, 0.3) is 0 Å². The average molecular weight is 318 g/mol. The van der Waals surface area contributed by atoms with Gasteiger partial charge >= 0.3 is 5.97 Å². The van der Waals surface area contributed by atoms with E-state index in [2.05, 4.69) is 0 Å². The summed E-state index contributed by atoms with van der Waals surface area (Å²) in [6, 6.07) is 0. The summed E-state index contributed by atoms with van der Waals surface area (Å²) in [6.07, 6.45) is 3.31. The molecule has 1 aliphatic rings. The maximum absolute atomic E-state index is 6.27. The maximum atomic E-state index is 6.27. The van der Waals surface area contributed by atoms with E-state index in [1.54, 1.807) is 0 Å². The SMILES string of the molecule is CCOC1(OCC)OCCC(CCN)C1(CCCN)OCC. The van der Waals surface area contributed by atoms with E-state index in [9.17, 15) is 0 Å².